The van der Waals surface area contributed by atoms with E-state index in [1.54, 1.807) is 31.2 Å². The van der Waals surface area contributed by atoms with Gasteiger partial charge in [-0.3, -0.25) is 9.52 Å². The van der Waals surface area contributed by atoms with E-state index in [1.165, 1.54) is 0 Å². The van der Waals surface area contributed by atoms with Gasteiger partial charge < -0.3 is 10.6 Å². The molecule has 134 valence electrons. The molecule has 0 aliphatic heterocycles. The van der Waals surface area contributed by atoms with Crippen molar-refractivity contribution >= 4 is 33.0 Å². The third kappa shape index (κ3) is 5.79. The van der Waals surface area contributed by atoms with Crippen LogP contribution in [0.3, 0.4) is 0 Å². The van der Waals surface area contributed by atoms with Crippen LogP contribution in [0, 0.1) is 13.8 Å². The van der Waals surface area contributed by atoms with Crippen LogP contribution in [0.1, 0.15) is 18.1 Å². The summed E-state index contributed by atoms with van der Waals surface area (Å²) in [4.78, 5) is 12.4. The molecular weight excluding hydrogens is 338 g/mol. The normalized spacial score (nSPS) is 12.3. The summed E-state index contributed by atoms with van der Waals surface area (Å²) >= 11 is 0. The quantitative estimate of drug-likeness (QED) is 0.738. The van der Waals surface area contributed by atoms with Crippen molar-refractivity contribution in [2.24, 2.45) is 0 Å². The summed E-state index contributed by atoms with van der Waals surface area (Å²) in [5.74, 6) is -0.171. The van der Waals surface area contributed by atoms with Crippen LogP contribution in [0.4, 0.5) is 17.1 Å². The van der Waals surface area contributed by atoms with Crippen LogP contribution in [0.15, 0.2) is 42.5 Å². The highest BCUT2D eigenvalue weighted by molar-refractivity contribution is 7.92. The number of amides is 1. The average Bonchev–Trinajstić information content (AvgIpc) is 2.49. The van der Waals surface area contributed by atoms with Crippen LogP contribution >= 0.6 is 0 Å². The first-order chi connectivity index (χ1) is 11.6. The van der Waals surface area contributed by atoms with Crippen LogP contribution in [-0.4, -0.2) is 26.6 Å². The highest BCUT2D eigenvalue weighted by Crippen LogP contribution is 2.19. The fourth-order valence-electron chi connectivity index (χ4n) is 2.31. The maximum atomic E-state index is 12.4. The van der Waals surface area contributed by atoms with Gasteiger partial charge in [-0.15, -0.1) is 0 Å². The molecule has 0 aliphatic rings. The van der Waals surface area contributed by atoms with E-state index in [2.05, 4.69) is 15.4 Å². The van der Waals surface area contributed by atoms with Gasteiger partial charge in [-0.25, -0.2) is 8.42 Å². The summed E-state index contributed by atoms with van der Waals surface area (Å²) in [6.07, 6.45) is 1.09. The monoisotopic (exact) mass is 361 g/mol. The molecule has 2 rings (SSSR count). The molecule has 2 aromatic carbocycles. The van der Waals surface area contributed by atoms with Crippen molar-refractivity contribution in [1.82, 2.24) is 0 Å². The number of anilines is 3. The smallest absolute Gasteiger partial charge is 0.246 e. The van der Waals surface area contributed by atoms with E-state index < -0.39 is 16.1 Å². The van der Waals surface area contributed by atoms with Crippen LogP contribution < -0.4 is 15.4 Å². The summed E-state index contributed by atoms with van der Waals surface area (Å²) in [5.41, 5.74) is 3.93. The Morgan fingerprint density at radius 1 is 1.04 bits per heavy atom. The second-order valence-corrected chi connectivity index (χ2v) is 7.88. The number of aryl methyl sites for hydroxylation is 2. The number of sulfonamides is 1. The minimum absolute atomic E-state index is 0.171. The highest BCUT2D eigenvalue weighted by atomic mass is 32.2. The van der Waals surface area contributed by atoms with Gasteiger partial charge in [0, 0.05) is 11.4 Å². The van der Waals surface area contributed by atoms with Crippen molar-refractivity contribution in [3.8, 4) is 0 Å². The van der Waals surface area contributed by atoms with E-state index in [0.29, 0.717) is 11.4 Å². The SMILES string of the molecule is Cc1ccc(C)c(NC(=O)[C@H](C)Nc2cccc(NS(C)(=O)=O)c2)c1. The molecule has 1 atom stereocenters. The van der Waals surface area contributed by atoms with Gasteiger partial charge in [-0.1, -0.05) is 18.2 Å². The molecule has 0 saturated carbocycles. The molecule has 25 heavy (non-hydrogen) atoms. The zero-order valence-electron chi connectivity index (χ0n) is 14.8. The van der Waals surface area contributed by atoms with Gasteiger partial charge in [0.1, 0.15) is 6.04 Å². The van der Waals surface area contributed by atoms with Gasteiger partial charge in [0.05, 0.1) is 11.9 Å². The van der Waals surface area contributed by atoms with E-state index in [4.69, 9.17) is 0 Å². The van der Waals surface area contributed by atoms with Crippen molar-refractivity contribution in [1.29, 1.82) is 0 Å². The number of nitrogens with one attached hydrogen (secondary N) is 3. The second-order valence-electron chi connectivity index (χ2n) is 6.13. The van der Waals surface area contributed by atoms with Crippen LogP contribution in [0.2, 0.25) is 0 Å². The molecular formula is C18H23N3O3S. The first-order valence-corrected chi connectivity index (χ1v) is 9.76. The molecule has 0 radical (unpaired) electrons. The van der Waals surface area contributed by atoms with E-state index in [-0.39, 0.29) is 5.91 Å². The molecule has 6 nitrogen and oxygen atoms in total. The molecule has 0 saturated heterocycles. The lowest BCUT2D eigenvalue weighted by Crippen LogP contribution is -2.32. The number of hydrogen-bond donors (Lipinski definition) is 3. The molecule has 0 unspecified atom stereocenters. The topological polar surface area (TPSA) is 87.3 Å². The standard InChI is InChI=1S/C18H23N3O3S/c1-12-8-9-13(2)17(10-12)20-18(22)14(3)19-15-6-5-7-16(11-15)21-25(4,23)24/h5-11,14,19,21H,1-4H3,(H,20,22)/t14-/m0/s1. The van der Waals surface area contributed by atoms with E-state index in [0.717, 1.165) is 23.1 Å². The van der Waals surface area contributed by atoms with Crippen LogP contribution in [0.5, 0.6) is 0 Å². The average molecular weight is 361 g/mol. The lowest BCUT2D eigenvalue weighted by atomic mass is 10.1. The Bertz CT molecular complexity index is 879. The van der Waals surface area contributed by atoms with Gasteiger partial charge in [0.2, 0.25) is 15.9 Å². The zero-order valence-corrected chi connectivity index (χ0v) is 15.6. The number of rotatable bonds is 6. The summed E-state index contributed by atoms with van der Waals surface area (Å²) in [6, 6.07) is 12.2. The molecule has 0 aliphatic carbocycles. The van der Waals surface area contributed by atoms with Gasteiger partial charge in [-0.2, -0.15) is 0 Å². The molecule has 0 spiro atoms. The number of benzene rings is 2. The van der Waals surface area contributed by atoms with Gasteiger partial charge in [-0.05, 0) is 56.2 Å². The van der Waals surface area contributed by atoms with Crippen LogP contribution in [-0.2, 0) is 14.8 Å². The van der Waals surface area contributed by atoms with E-state index >= 15 is 0 Å². The van der Waals surface area contributed by atoms with E-state index in [9.17, 15) is 13.2 Å². The third-order valence-electron chi connectivity index (χ3n) is 3.59. The number of carbonyl (C=O) groups is 1. The summed E-state index contributed by atoms with van der Waals surface area (Å²) in [5, 5.41) is 5.99. The fraction of sp³-hybridized carbons (Fsp3) is 0.278. The molecule has 0 fully saturated rings. The van der Waals surface area contributed by atoms with Crippen molar-refractivity contribution in [3.05, 3.63) is 53.6 Å². The Hall–Kier alpha value is -2.54. The lowest BCUT2D eigenvalue weighted by molar-refractivity contribution is -0.116. The lowest BCUT2D eigenvalue weighted by Gasteiger charge is -2.17. The molecule has 2 aromatic rings. The number of hydrogen-bond acceptors (Lipinski definition) is 4. The summed E-state index contributed by atoms with van der Waals surface area (Å²) < 4.78 is 25.0. The van der Waals surface area contributed by atoms with E-state index in [1.807, 2.05) is 32.0 Å². The molecule has 1 amide bonds. The maximum Gasteiger partial charge on any atom is 0.246 e. The van der Waals surface area contributed by atoms with Crippen molar-refractivity contribution in [3.63, 3.8) is 0 Å². The van der Waals surface area contributed by atoms with Gasteiger partial charge >= 0.3 is 0 Å². The molecule has 7 heteroatoms. The molecule has 0 bridgehead atoms. The Morgan fingerprint density at radius 3 is 2.40 bits per heavy atom. The minimum Gasteiger partial charge on any atom is -0.374 e. The van der Waals surface area contributed by atoms with Crippen molar-refractivity contribution < 1.29 is 13.2 Å². The Balaban J connectivity index is 2.06. The largest absolute Gasteiger partial charge is 0.374 e. The summed E-state index contributed by atoms with van der Waals surface area (Å²) in [6.45, 7) is 5.65. The summed E-state index contributed by atoms with van der Waals surface area (Å²) in [7, 11) is -3.35. The van der Waals surface area contributed by atoms with Crippen LogP contribution in [0.25, 0.3) is 0 Å². The Labute approximate surface area is 148 Å². The first-order valence-electron chi connectivity index (χ1n) is 7.86. The van der Waals surface area contributed by atoms with Crippen molar-refractivity contribution in [2.45, 2.75) is 26.8 Å². The number of carbonyl (C=O) groups excluding carboxylic acids is 1. The van der Waals surface area contributed by atoms with Gasteiger partial charge in [0.25, 0.3) is 0 Å². The molecule has 0 aromatic heterocycles. The first kappa shape index (κ1) is 18.8. The fourth-order valence-corrected chi connectivity index (χ4v) is 2.87. The highest BCUT2D eigenvalue weighted by Gasteiger charge is 2.14. The van der Waals surface area contributed by atoms with Crippen molar-refractivity contribution in [2.75, 3.05) is 21.6 Å². The zero-order chi connectivity index (χ0) is 18.6. The molecule has 0 heterocycles. The Morgan fingerprint density at radius 2 is 1.72 bits per heavy atom. The predicted octanol–water partition coefficient (Wildman–Crippen LogP) is 3.11. The van der Waals surface area contributed by atoms with Gasteiger partial charge in [0.15, 0.2) is 0 Å². The molecule has 3 N–H and O–H groups in total. The minimum atomic E-state index is -3.35. The Kier molecular flexibility index (Phi) is 5.69. The maximum absolute atomic E-state index is 12.4. The third-order valence-corrected chi connectivity index (χ3v) is 4.20. The predicted molar refractivity (Wildman–Crippen MR) is 103 cm³/mol. The second kappa shape index (κ2) is 7.57.